The molecular formula is C15H17Cl2N3O2. The van der Waals surface area contributed by atoms with Crippen LogP contribution in [0.3, 0.4) is 0 Å². The molecule has 0 aliphatic carbocycles. The lowest BCUT2D eigenvalue weighted by atomic mass is 10.3. The van der Waals surface area contributed by atoms with Gasteiger partial charge in [-0.1, -0.05) is 23.2 Å². The molecule has 0 radical (unpaired) electrons. The van der Waals surface area contributed by atoms with Crippen LogP contribution in [0.25, 0.3) is 0 Å². The Bertz CT molecular complexity index is 671. The van der Waals surface area contributed by atoms with Gasteiger partial charge in [-0.3, -0.25) is 4.79 Å². The third-order valence-corrected chi connectivity index (χ3v) is 3.72. The summed E-state index contributed by atoms with van der Waals surface area (Å²) in [5.74, 6) is 0.840. The molecule has 1 aromatic heterocycles. The fraction of sp³-hybridized carbons (Fsp3) is 0.333. The molecule has 22 heavy (non-hydrogen) atoms. The van der Waals surface area contributed by atoms with Gasteiger partial charge in [0.25, 0.3) is 5.91 Å². The minimum Gasteiger partial charge on any atom is -0.481 e. The van der Waals surface area contributed by atoms with Crippen LogP contribution in [0.4, 0.5) is 5.82 Å². The number of ether oxygens (including phenoxy) is 1. The van der Waals surface area contributed by atoms with Crippen LogP contribution in [0.2, 0.25) is 10.0 Å². The van der Waals surface area contributed by atoms with E-state index in [1.54, 1.807) is 42.1 Å². The average Bonchev–Trinajstić information content (AvgIpc) is 2.91. The van der Waals surface area contributed by atoms with Gasteiger partial charge in [0.15, 0.2) is 6.10 Å². The summed E-state index contributed by atoms with van der Waals surface area (Å²) in [6, 6.07) is 6.75. The summed E-state index contributed by atoms with van der Waals surface area (Å²) in [5.41, 5.74) is 0. The van der Waals surface area contributed by atoms with Gasteiger partial charge in [0, 0.05) is 18.2 Å². The first-order valence-electron chi connectivity index (χ1n) is 6.84. The largest absolute Gasteiger partial charge is 0.481 e. The van der Waals surface area contributed by atoms with Crippen LogP contribution in [-0.4, -0.2) is 21.8 Å². The molecule has 0 aliphatic rings. The lowest BCUT2D eigenvalue weighted by Crippen LogP contribution is -2.31. The normalized spacial score (nSPS) is 12.3. The van der Waals surface area contributed by atoms with Crippen molar-refractivity contribution in [3.05, 3.63) is 40.5 Å². The number of hydrogen-bond acceptors (Lipinski definition) is 3. The Kier molecular flexibility index (Phi) is 5.32. The van der Waals surface area contributed by atoms with Crippen molar-refractivity contribution in [1.29, 1.82) is 0 Å². The number of hydrogen-bond donors (Lipinski definition) is 1. The van der Waals surface area contributed by atoms with Gasteiger partial charge < -0.3 is 10.1 Å². The van der Waals surface area contributed by atoms with E-state index in [2.05, 4.69) is 10.4 Å². The Balaban J connectivity index is 2.02. The van der Waals surface area contributed by atoms with E-state index in [0.29, 0.717) is 21.6 Å². The van der Waals surface area contributed by atoms with Crippen molar-refractivity contribution >= 4 is 34.9 Å². The highest BCUT2D eigenvalue weighted by Crippen LogP contribution is 2.27. The van der Waals surface area contributed by atoms with Crippen LogP contribution >= 0.6 is 23.2 Å². The number of nitrogens with one attached hydrogen (secondary N) is 1. The monoisotopic (exact) mass is 341 g/mol. The molecule has 1 heterocycles. The lowest BCUT2D eigenvalue weighted by Gasteiger charge is -2.16. The van der Waals surface area contributed by atoms with Crippen LogP contribution in [0.15, 0.2) is 30.5 Å². The molecule has 2 aromatic rings. The molecule has 1 atom stereocenters. The summed E-state index contributed by atoms with van der Waals surface area (Å²) in [6.45, 7) is 5.63. The van der Waals surface area contributed by atoms with Crippen LogP contribution < -0.4 is 10.1 Å². The van der Waals surface area contributed by atoms with E-state index in [1.807, 2.05) is 13.8 Å². The highest BCUT2D eigenvalue weighted by Gasteiger charge is 2.17. The van der Waals surface area contributed by atoms with Gasteiger partial charge in [-0.25, -0.2) is 4.68 Å². The van der Waals surface area contributed by atoms with E-state index in [0.717, 1.165) is 0 Å². The minimum atomic E-state index is -0.687. The van der Waals surface area contributed by atoms with Gasteiger partial charge in [-0.05, 0) is 32.9 Å². The predicted octanol–water partition coefficient (Wildman–Crippen LogP) is 4.18. The number of anilines is 1. The molecule has 0 spiro atoms. The second kappa shape index (κ2) is 7.03. The van der Waals surface area contributed by atoms with Gasteiger partial charge >= 0.3 is 0 Å². The highest BCUT2D eigenvalue weighted by atomic mass is 35.5. The van der Waals surface area contributed by atoms with Gasteiger partial charge in [0.2, 0.25) is 0 Å². The molecule has 5 nitrogen and oxygen atoms in total. The molecule has 0 saturated carbocycles. The molecule has 0 unspecified atom stereocenters. The van der Waals surface area contributed by atoms with Crippen molar-refractivity contribution in [1.82, 2.24) is 9.78 Å². The quantitative estimate of drug-likeness (QED) is 0.887. The predicted molar refractivity (Wildman–Crippen MR) is 87.8 cm³/mol. The fourth-order valence-corrected chi connectivity index (χ4v) is 2.15. The van der Waals surface area contributed by atoms with Crippen molar-refractivity contribution < 1.29 is 9.53 Å². The van der Waals surface area contributed by atoms with E-state index in [4.69, 9.17) is 27.9 Å². The summed E-state index contributed by atoms with van der Waals surface area (Å²) in [6.07, 6.45) is 0.952. The van der Waals surface area contributed by atoms with Crippen molar-refractivity contribution in [2.45, 2.75) is 32.9 Å². The lowest BCUT2D eigenvalue weighted by molar-refractivity contribution is -0.122. The minimum absolute atomic E-state index is 0.150. The second-order valence-corrected chi connectivity index (χ2v) is 5.89. The van der Waals surface area contributed by atoms with E-state index in [-0.39, 0.29) is 11.9 Å². The molecule has 1 N–H and O–H groups in total. The molecule has 0 fully saturated rings. The van der Waals surface area contributed by atoms with E-state index >= 15 is 0 Å². The molecule has 0 saturated heterocycles. The summed E-state index contributed by atoms with van der Waals surface area (Å²) >= 11 is 11.8. The maximum absolute atomic E-state index is 12.2. The van der Waals surface area contributed by atoms with E-state index in [1.165, 1.54) is 0 Å². The van der Waals surface area contributed by atoms with Crippen LogP contribution in [0.5, 0.6) is 5.75 Å². The van der Waals surface area contributed by atoms with Crippen LogP contribution in [0, 0.1) is 0 Å². The van der Waals surface area contributed by atoms with E-state index < -0.39 is 6.10 Å². The zero-order valence-electron chi connectivity index (χ0n) is 12.5. The molecule has 7 heteroatoms. The average molecular weight is 342 g/mol. The first-order chi connectivity index (χ1) is 10.4. The Hall–Kier alpha value is -1.72. The van der Waals surface area contributed by atoms with Gasteiger partial charge in [0.05, 0.1) is 16.2 Å². The Morgan fingerprint density at radius 2 is 1.95 bits per heavy atom. The SMILES string of the molecule is CC(C)n1nccc1NC(=O)[C@H](C)Oc1ccc(Cl)c(Cl)c1. The zero-order valence-corrected chi connectivity index (χ0v) is 14.0. The summed E-state index contributed by atoms with van der Waals surface area (Å²) in [4.78, 5) is 12.2. The van der Waals surface area contributed by atoms with Crippen LogP contribution in [-0.2, 0) is 4.79 Å². The van der Waals surface area contributed by atoms with Crippen molar-refractivity contribution in [3.63, 3.8) is 0 Å². The third-order valence-electron chi connectivity index (χ3n) is 2.98. The maximum atomic E-state index is 12.2. The van der Waals surface area contributed by atoms with Crippen molar-refractivity contribution in [2.75, 3.05) is 5.32 Å². The number of amides is 1. The second-order valence-electron chi connectivity index (χ2n) is 5.08. The number of rotatable bonds is 5. The Labute approximate surface area is 139 Å². The Morgan fingerprint density at radius 1 is 1.23 bits per heavy atom. The Morgan fingerprint density at radius 3 is 2.59 bits per heavy atom. The maximum Gasteiger partial charge on any atom is 0.266 e. The fourth-order valence-electron chi connectivity index (χ4n) is 1.86. The standard InChI is InChI=1S/C15H17Cl2N3O2/c1-9(2)20-14(6-7-18-20)19-15(21)10(3)22-11-4-5-12(16)13(17)8-11/h4-10H,1-3H3,(H,19,21)/t10-/m0/s1. The highest BCUT2D eigenvalue weighted by molar-refractivity contribution is 6.42. The molecule has 1 aromatic carbocycles. The smallest absolute Gasteiger partial charge is 0.266 e. The first-order valence-corrected chi connectivity index (χ1v) is 7.60. The zero-order chi connectivity index (χ0) is 16.3. The first kappa shape index (κ1) is 16.6. The molecule has 0 aliphatic heterocycles. The number of nitrogens with zero attached hydrogens (tertiary/aromatic N) is 2. The summed E-state index contributed by atoms with van der Waals surface area (Å²) in [5, 5.41) is 7.77. The topological polar surface area (TPSA) is 56.2 Å². The van der Waals surface area contributed by atoms with E-state index in [9.17, 15) is 4.79 Å². The molecule has 1 amide bonds. The number of halogens is 2. The number of carbonyl (C=O) groups is 1. The van der Waals surface area contributed by atoms with Gasteiger partial charge in [-0.2, -0.15) is 5.10 Å². The van der Waals surface area contributed by atoms with Gasteiger partial charge in [-0.15, -0.1) is 0 Å². The van der Waals surface area contributed by atoms with Crippen molar-refractivity contribution in [2.24, 2.45) is 0 Å². The van der Waals surface area contributed by atoms with Crippen LogP contribution in [0.1, 0.15) is 26.8 Å². The van der Waals surface area contributed by atoms with Gasteiger partial charge in [0.1, 0.15) is 11.6 Å². The number of aromatic nitrogens is 2. The number of carbonyl (C=O) groups excluding carboxylic acids is 1. The molecule has 2 rings (SSSR count). The summed E-state index contributed by atoms with van der Waals surface area (Å²) in [7, 11) is 0. The molecular weight excluding hydrogens is 325 g/mol. The summed E-state index contributed by atoms with van der Waals surface area (Å²) < 4.78 is 7.30. The third kappa shape index (κ3) is 3.93. The molecule has 0 bridgehead atoms. The van der Waals surface area contributed by atoms with Crippen molar-refractivity contribution in [3.8, 4) is 5.75 Å². The molecule has 118 valence electrons. The number of benzene rings is 1.